The molecule has 2 heterocycles. The van der Waals surface area contributed by atoms with E-state index in [2.05, 4.69) is 22.4 Å². The third-order valence-electron chi connectivity index (χ3n) is 4.85. The van der Waals surface area contributed by atoms with E-state index in [4.69, 9.17) is 16.3 Å². The van der Waals surface area contributed by atoms with Crippen LogP contribution in [0.15, 0.2) is 60.8 Å². The van der Waals surface area contributed by atoms with E-state index in [0.717, 1.165) is 18.7 Å². The molecule has 4 rings (SSSR count). The summed E-state index contributed by atoms with van der Waals surface area (Å²) < 4.78 is 5.15. The van der Waals surface area contributed by atoms with Crippen LogP contribution in [-0.4, -0.2) is 29.4 Å². The van der Waals surface area contributed by atoms with E-state index >= 15 is 0 Å². The number of carbonyl (C=O) groups is 1. The maximum absolute atomic E-state index is 12.8. The minimum Gasteiger partial charge on any atom is -0.495 e. The lowest BCUT2D eigenvalue weighted by molar-refractivity contribution is 0.0734. The van der Waals surface area contributed by atoms with Crippen molar-refractivity contribution in [2.75, 3.05) is 19.0 Å². The van der Waals surface area contributed by atoms with E-state index in [0.29, 0.717) is 28.7 Å². The number of hydrogen-bond donors (Lipinski definition) is 1. The van der Waals surface area contributed by atoms with Crippen LogP contribution in [0.4, 0.5) is 11.5 Å². The predicted molar refractivity (Wildman–Crippen MR) is 110 cm³/mol. The molecule has 0 fully saturated rings. The van der Waals surface area contributed by atoms with E-state index in [9.17, 15) is 4.79 Å². The normalized spacial score (nSPS) is 13.0. The average molecular weight is 394 g/mol. The molecule has 0 spiro atoms. The second-order valence-electron chi connectivity index (χ2n) is 6.65. The number of aromatic nitrogens is 1. The highest BCUT2D eigenvalue weighted by atomic mass is 35.5. The number of carbonyl (C=O) groups excluding carboxylic acids is 1. The largest absolute Gasteiger partial charge is 0.495 e. The molecule has 0 atom stereocenters. The number of rotatable bonds is 4. The van der Waals surface area contributed by atoms with Gasteiger partial charge in [-0.15, -0.1) is 0 Å². The van der Waals surface area contributed by atoms with Gasteiger partial charge in [0.15, 0.2) is 0 Å². The van der Waals surface area contributed by atoms with E-state index in [1.165, 1.54) is 11.1 Å². The summed E-state index contributed by atoms with van der Waals surface area (Å²) in [6.07, 6.45) is 2.49. The van der Waals surface area contributed by atoms with Gasteiger partial charge in [0.1, 0.15) is 11.6 Å². The highest BCUT2D eigenvalue weighted by Gasteiger charge is 2.21. The van der Waals surface area contributed by atoms with Crippen LogP contribution in [-0.2, 0) is 13.0 Å². The van der Waals surface area contributed by atoms with Crippen molar-refractivity contribution in [3.05, 3.63) is 82.5 Å². The second-order valence-corrected chi connectivity index (χ2v) is 7.06. The predicted octanol–water partition coefficient (Wildman–Crippen LogP) is 4.69. The summed E-state index contributed by atoms with van der Waals surface area (Å²) in [7, 11) is 1.58. The SMILES string of the molecule is COc1ccc(Nc2ccc(C(=O)N3CCc4ccccc4C3)cn2)cc1Cl. The van der Waals surface area contributed by atoms with Gasteiger partial charge < -0.3 is 15.0 Å². The molecule has 28 heavy (non-hydrogen) atoms. The first kappa shape index (κ1) is 18.3. The first-order valence-electron chi connectivity index (χ1n) is 9.07. The summed E-state index contributed by atoms with van der Waals surface area (Å²) in [6, 6.07) is 17.3. The molecular formula is C22H20ClN3O2. The molecule has 0 unspecified atom stereocenters. The Balaban J connectivity index is 1.44. The molecular weight excluding hydrogens is 374 g/mol. The molecule has 1 amide bonds. The van der Waals surface area contributed by atoms with Gasteiger partial charge in [-0.3, -0.25) is 4.79 Å². The summed E-state index contributed by atoms with van der Waals surface area (Å²) in [5.41, 5.74) is 3.91. The van der Waals surface area contributed by atoms with Gasteiger partial charge >= 0.3 is 0 Å². The number of fused-ring (bicyclic) bond motifs is 1. The number of nitrogens with one attached hydrogen (secondary N) is 1. The molecule has 0 aliphatic carbocycles. The fourth-order valence-electron chi connectivity index (χ4n) is 3.34. The zero-order valence-corrected chi connectivity index (χ0v) is 16.2. The van der Waals surface area contributed by atoms with E-state index in [1.54, 1.807) is 37.6 Å². The highest BCUT2D eigenvalue weighted by molar-refractivity contribution is 6.32. The minimum absolute atomic E-state index is 0.000968. The Morgan fingerprint density at radius 3 is 2.68 bits per heavy atom. The molecule has 0 bridgehead atoms. The molecule has 1 aromatic heterocycles. The third-order valence-corrected chi connectivity index (χ3v) is 5.15. The van der Waals surface area contributed by atoms with Crippen LogP contribution in [0.3, 0.4) is 0 Å². The Bertz CT molecular complexity index is 1000. The lowest BCUT2D eigenvalue weighted by Crippen LogP contribution is -2.35. The fraction of sp³-hybridized carbons (Fsp3) is 0.182. The van der Waals surface area contributed by atoms with Crippen LogP contribution >= 0.6 is 11.6 Å². The summed E-state index contributed by atoms with van der Waals surface area (Å²) in [6.45, 7) is 1.36. The molecule has 0 radical (unpaired) electrons. The van der Waals surface area contributed by atoms with Crippen LogP contribution < -0.4 is 10.1 Å². The van der Waals surface area contributed by atoms with Gasteiger partial charge in [-0.25, -0.2) is 4.98 Å². The quantitative estimate of drug-likeness (QED) is 0.698. The molecule has 0 saturated heterocycles. The van der Waals surface area contributed by atoms with E-state index < -0.39 is 0 Å². The molecule has 1 aliphatic rings. The van der Waals surface area contributed by atoms with Gasteiger partial charge in [-0.2, -0.15) is 0 Å². The highest BCUT2D eigenvalue weighted by Crippen LogP contribution is 2.28. The Hall–Kier alpha value is -3.05. The van der Waals surface area contributed by atoms with Crippen molar-refractivity contribution in [1.82, 2.24) is 9.88 Å². The van der Waals surface area contributed by atoms with Crippen molar-refractivity contribution < 1.29 is 9.53 Å². The van der Waals surface area contributed by atoms with Gasteiger partial charge in [0.05, 0.1) is 17.7 Å². The number of anilines is 2. The topological polar surface area (TPSA) is 54.5 Å². The van der Waals surface area contributed by atoms with Crippen molar-refractivity contribution in [2.45, 2.75) is 13.0 Å². The summed E-state index contributed by atoms with van der Waals surface area (Å²) >= 11 is 6.15. The maximum atomic E-state index is 12.8. The van der Waals surface area contributed by atoms with E-state index in [-0.39, 0.29) is 5.91 Å². The summed E-state index contributed by atoms with van der Waals surface area (Å²) in [5, 5.41) is 3.70. The van der Waals surface area contributed by atoms with Crippen molar-refractivity contribution >= 4 is 29.0 Å². The molecule has 142 valence electrons. The lowest BCUT2D eigenvalue weighted by atomic mass is 9.99. The lowest BCUT2D eigenvalue weighted by Gasteiger charge is -2.28. The first-order valence-corrected chi connectivity index (χ1v) is 9.44. The number of benzene rings is 2. The molecule has 0 saturated carbocycles. The Morgan fingerprint density at radius 1 is 1.14 bits per heavy atom. The number of methoxy groups -OCH3 is 1. The van der Waals surface area contributed by atoms with Crippen LogP contribution in [0.1, 0.15) is 21.5 Å². The number of ether oxygens (including phenoxy) is 1. The number of hydrogen-bond acceptors (Lipinski definition) is 4. The molecule has 1 aliphatic heterocycles. The zero-order valence-electron chi connectivity index (χ0n) is 15.5. The Morgan fingerprint density at radius 2 is 1.96 bits per heavy atom. The number of amides is 1. The van der Waals surface area contributed by atoms with Gasteiger partial charge in [0.2, 0.25) is 0 Å². The van der Waals surface area contributed by atoms with Crippen LogP contribution in [0, 0.1) is 0 Å². The average Bonchev–Trinajstić information content (AvgIpc) is 2.73. The maximum Gasteiger partial charge on any atom is 0.255 e. The number of pyridine rings is 1. The van der Waals surface area contributed by atoms with Gasteiger partial charge in [0.25, 0.3) is 5.91 Å². The number of nitrogens with zero attached hydrogens (tertiary/aromatic N) is 2. The molecule has 1 N–H and O–H groups in total. The molecule has 6 heteroatoms. The molecule has 5 nitrogen and oxygen atoms in total. The minimum atomic E-state index is 0.000968. The monoisotopic (exact) mass is 393 g/mol. The zero-order chi connectivity index (χ0) is 19.5. The van der Waals surface area contributed by atoms with Crippen molar-refractivity contribution in [1.29, 1.82) is 0 Å². The molecule has 3 aromatic rings. The second kappa shape index (κ2) is 7.90. The fourth-order valence-corrected chi connectivity index (χ4v) is 3.60. The summed E-state index contributed by atoms with van der Waals surface area (Å²) in [4.78, 5) is 19.1. The van der Waals surface area contributed by atoms with Crippen molar-refractivity contribution in [3.63, 3.8) is 0 Å². The van der Waals surface area contributed by atoms with Gasteiger partial charge in [-0.1, -0.05) is 35.9 Å². The van der Waals surface area contributed by atoms with Gasteiger partial charge in [-0.05, 0) is 47.9 Å². The van der Waals surface area contributed by atoms with E-state index in [1.807, 2.05) is 23.1 Å². The standard InChI is InChI=1S/C22H20ClN3O2/c1-28-20-8-7-18(12-19(20)23)25-21-9-6-16(13-24-21)22(27)26-11-10-15-4-2-3-5-17(15)14-26/h2-9,12-13H,10-11,14H2,1H3,(H,24,25). The van der Waals surface area contributed by atoms with Crippen LogP contribution in [0.25, 0.3) is 0 Å². The number of halogens is 1. The first-order chi connectivity index (χ1) is 13.6. The van der Waals surface area contributed by atoms with Gasteiger partial charge in [0, 0.05) is 25.0 Å². The van der Waals surface area contributed by atoms with Crippen LogP contribution in [0.2, 0.25) is 5.02 Å². The van der Waals surface area contributed by atoms with Crippen LogP contribution in [0.5, 0.6) is 5.75 Å². The molecule has 2 aromatic carbocycles. The summed E-state index contributed by atoms with van der Waals surface area (Å²) in [5.74, 6) is 1.26. The smallest absolute Gasteiger partial charge is 0.255 e. The third kappa shape index (κ3) is 3.80. The van der Waals surface area contributed by atoms with Crippen molar-refractivity contribution in [3.8, 4) is 5.75 Å². The Labute approximate surface area is 168 Å². The Kier molecular flexibility index (Phi) is 5.17. The van der Waals surface area contributed by atoms with Crippen molar-refractivity contribution in [2.24, 2.45) is 0 Å².